The van der Waals surface area contributed by atoms with Gasteiger partial charge in [0.1, 0.15) is 5.75 Å². The molecule has 2 nitrogen and oxygen atoms in total. The quantitative estimate of drug-likeness (QED) is 0.878. The summed E-state index contributed by atoms with van der Waals surface area (Å²) < 4.78 is 5.54. The Kier molecular flexibility index (Phi) is 5.47. The average Bonchev–Trinajstić information content (AvgIpc) is 2.42. The Balaban J connectivity index is 2.14. The number of hydrogen-bond donors (Lipinski definition) is 1. The minimum atomic E-state index is 0.668. The molecule has 1 aromatic rings. The summed E-state index contributed by atoms with van der Waals surface area (Å²) in [4.78, 5) is 0. The molecule has 1 fully saturated rings. The molecule has 1 N–H and O–H groups in total. The van der Waals surface area contributed by atoms with E-state index >= 15 is 0 Å². The lowest BCUT2D eigenvalue weighted by molar-refractivity contribution is 0.213. The van der Waals surface area contributed by atoms with Crippen molar-refractivity contribution in [2.45, 2.75) is 52.5 Å². The van der Waals surface area contributed by atoms with Gasteiger partial charge in [0.15, 0.2) is 0 Å². The molecule has 3 unspecified atom stereocenters. The monoisotopic (exact) mass is 275 g/mol. The smallest absolute Gasteiger partial charge is 0.122 e. The minimum absolute atomic E-state index is 0.668. The molecule has 1 aromatic carbocycles. The second kappa shape index (κ2) is 7.12. The average molecular weight is 275 g/mol. The van der Waals surface area contributed by atoms with Crippen molar-refractivity contribution >= 4 is 0 Å². The standard InChI is InChI=1S/C18H29NO/c1-5-19-17-8-6-13(2)10-15(17)12-16-11-14(3)7-9-18(16)20-4/h7,9,11,13,15,17,19H,5-6,8,10,12H2,1-4H3. The van der Waals surface area contributed by atoms with Gasteiger partial charge in [0.05, 0.1) is 7.11 Å². The van der Waals surface area contributed by atoms with Gasteiger partial charge < -0.3 is 10.1 Å². The maximum Gasteiger partial charge on any atom is 0.122 e. The Bertz CT molecular complexity index is 429. The Morgan fingerprint density at radius 1 is 1.30 bits per heavy atom. The topological polar surface area (TPSA) is 21.3 Å². The fourth-order valence-corrected chi connectivity index (χ4v) is 3.60. The van der Waals surface area contributed by atoms with Crippen molar-refractivity contribution in [3.63, 3.8) is 0 Å². The van der Waals surface area contributed by atoms with Crippen molar-refractivity contribution in [3.05, 3.63) is 29.3 Å². The predicted octanol–water partition coefficient (Wildman–Crippen LogP) is 3.96. The largest absolute Gasteiger partial charge is 0.496 e. The van der Waals surface area contributed by atoms with E-state index in [9.17, 15) is 0 Å². The van der Waals surface area contributed by atoms with Crippen molar-refractivity contribution in [2.24, 2.45) is 11.8 Å². The van der Waals surface area contributed by atoms with E-state index in [1.165, 1.54) is 30.4 Å². The van der Waals surface area contributed by atoms with Gasteiger partial charge in [-0.2, -0.15) is 0 Å². The summed E-state index contributed by atoms with van der Waals surface area (Å²) in [6.07, 6.45) is 5.13. The van der Waals surface area contributed by atoms with Gasteiger partial charge in [-0.1, -0.05) is 31.5 Å². The van der Waals surface area contributed by atoms with Crippen molar-refractivity contribution in [1.82, 2.24) is 5.32 Å². The van der Waals surface area contributed by atoms with Crippen LogP contribution in [0.2, 0.25) is 0 Å². The SMILES string of the molecule is CCNC1CCC(C)CC1Cc1cc(C)ccc1OC. The van der Waals surface area contributed by atoms with Crippen molar-refractivity contribution in [3.8, 4) is 5.75 Å². The fraction of sp³-hybridized carbons (Fsp3) is 0.667. The fourth-order valence-electron chi connectivity index (χ4n) is 3.60. The van der Waals surface area contributed by atoms with Gasteiger partial charge in [-0.05, 0) is 62.6 Å². The zero-order chi connectivity index (χ0) is 14.5. The third kappa shape index (κ3) is 3.76. The molecular weight excluding hydrogens is 246 g/mol. The first-order chi connectivity index (χ1) is 9.63. The van der Waals surface area contributed by atoms with Crippen LogP contribution in [-0.2, 0) is 6.42 Å². The van der Waals surface area contributed by atoms with Crippen molar-refractivity contribution in [1.29, 1.82) is 0 Å². The Morgan fingerprint density at radius 2 is 2.10 bits per heavy atom. The van der Waals surface area contributed by atoms with Crippen molar-refractivity contribution < 1.29 is 4.74 Å². The van der Waals surface area contributed by atoms with Crippen LogP contribution < -0.4 is 10.1 Å². The minimum Gasteiger partial charge on any atom is -0.496 e. The summed E-state index contributed by atoms with van der Waals surface area (Å²) in [5.41, 5.74) is 2.69. The zero-order valence-corrected chi connectivity index (χ0v) is 13.4. The molecule has 2 rings (SSSR count). The molecule has 20 heavy (non-hydrogen) atoms. The van der Waals surface area contributed by atoms with Crippen LogP contribution in [0.1, 0.15) is 44.2 Å². The summed E-state index contributed by atoms with van der Waals surface area (Å²) in [5, 5.41) is 3.69. The summed E-state index contributed by atoms with van der Waals surface area (Å²) in [6, 6.07) is 7.20. The molecule has 2 heteroatoms. The first kappa shape index (κ1) is 15.4. The van der Waals surface area contributed by atoms with E-state index in [0.717, 1.165) is 30.6 Å². The molecule has 0 heterocycles. The van der Waals surface area contributed by atoms with Crippen LogP contribution in [0.5, 0.6) is 5.75 Å². The molecule has 0 radical (unpaired) electrons. The highest BCUT2D eigenvalue weighted by Crippen LogP contribution is 2.33. The van der Waals surface area contributed by atoms with E-state index in [2.05, 4.69) is 44.3 Å². The van der Waals surface area contributed by atoms with Crippen LogP contribution in [-0.4, -0.2) is 19.7 Å². The second-order valence-corrected chi connectivity index (χ2v) is 6.36. The first-order valence-corrected chi connectivity index (χ1v) is 8.01. The molecule has 1 aliphatic carbocycles. The van der Waals surface area contributed by atoms with E-state index in [1.54, 1.807) is 7.11 Å². The number of hydrogen-bond acceptors (Lipinski definition) is 2. The molecule has 0 saturated heterocycles. The highest BCUT2D eigenvalue weighted by molar-refractivity contribution is 5.37. The summed E-state index contributed by atoms with van der Waals surface area (Å²) in [6.45, 7) is 7.83. The van der Waals surface area contributed by atoms with Gasteiger partial charge in [-0.25, -0.2) is 0 Å². The third-order valence-electron chi connectivity index (χ3n) is 4.63. The van der Waals surface area contributed by atoms with Crippen LogP contribution in [0.15, 0.2) is 18.2 Å². The lowest BCUT2D eigenvalue weighted by Gasteiger charge is -2.36. The third-order valence-corrected chi connectivity index (χ3v) is 4.63. The number of ether oxygens (including phenoxy) is 1. The molecule has 1 aliphatic rings. The summed E-state index contributed by atoms with van der Waals surface area (Å²) >= 11 is 0. The zero-order valence-electron chi connectivity index (χ0n) is 13.4. The Morgan fingerprint density at radius 3 is 2.80 bits per heavy atom. The summed E-state index contributed by atoms with van der Waals surface area (Å²) in [5.74, 6) is 2.63. The van der Waals surface area contributed by atoms with Gasteiger partial charge in [0, 0.05) is 6.04 Å². The molecule has 0 aromatic heterocycles. The van der Waals surface area contributed by atoms with Gasteiger partial charge in [-0.15, -0.1) is 0 Å². The van der Waals surface area contributed by atoms with Crippen LogP contribution in [0.3, 0.4) is 0 Å². The first-order valence-electron chi connectivity index (χ1n) is 8.01. The van der Waals surface area contributed by atoms with Gasteiger partial charge in [0.25, 0.3) is 0 Å². The molecule has 112 valence electrons. The lowest BCUT2D eigenvalue weighted by atomic mass is 9.76. The number of benzene rings is 1. The highest BCUT2D eigenvalue weighted by Gasteiger charge is 2.28. The normalized spacial score (nSPS) is 26.5. The van der Waals surface area contributed by atoms with Crippen LogP contribution >= 0.6 is 0 Å². The van der Waals surface area contributed by atoms with E-state index in [-0.39, 0.29) is 0 Å². The van der Waals surface area contributed by atoms with Gasteiger partial charge in [-0.3, -0.25) is 0 Å². The second-order valence-electron chi connectivity index (χ2n) is 6.36. The van der Waals surface area contributed by atoms with Gasteiger partial charge >= 0.3 is 0 Å². The molecule has 1 saturated carbocycles. The maximum absolute atomic E-state index is 5.54. The highest BCUT2D eigenvalue weighted by atomic mass is 16.5. The number of nitrogens with one attached hydrogen (secondary N) is 1. The Hall–Kier alpha value is -1.02. The number of methoxy groups -OCH3 is 1. The predicted molar refractivity (Wildman–Crippen MR) is 85.4 cm³/mol. The molecular formula is C18H29NO. The van der Waals surface area contributed by atoms with E-state index in [1.807, 2.05) is 0 Å². The van der Waals surface area contributed by atoms with Crippen LogP contribution in [0.4, 0.5) is 0 Å². The molecule has 3 atom stereocenters. The number of rotatable bonds is 5. The molecule has 0 bridgehead atoms. The number of aryl methyl sites for hydroxylation is 1. The van der Waals surface area contributed by atoms with Crippen molar-refractivity contribution in [2.75, 3.05) is 13.7 Å². The lowest BCUT2D eigenvalue weighted by Crippen LogP contribution is -2.41. The van der Waals surface area contributed by atoms with E-state index < -0.39 is 0 Å². The molecule has 0 amide bonds. The van der Waals surface area contributed by atoms with Crippen LogP contribution in [0, 0.1) is 18.8 Å². The molecule has 0 aliphatic heterocycles. The Labute approximate surface area is 123 Å². The van der Waals surface area contributed by atoms with E-state index in [0.29, 0.717) is 6.04 Å². The van der Waals surface area contributed by atoms with E-state index in [4.69, 9.17) is 4.74 Å². The van der Waals surface area contributed by atoms with Crippen LogP contribution in [0.25, 0.3) is 0 Å². The van der Waals surface area contributed by atoms with Gasteiger partial charge in [0.2, 0.25) is 0 Å². The maximum atomic E-state index is 5.54. The molecule has 0 spiro atoms. The summed E-state index contributed by atoms with van der Waals surface area (Å²) in [7, 11) is 1.78.